The summed E-state index contributed by atoms with van der Waals surface area (Å²) in [7, 11) is -3.94. The van der Waals surface area contributed by atoms with Crippen molar-refractivity contribution in [2.45, 2.75) is 67.5 Å². The Kier molecular flexibility index (Phi) is 11.2. The molecule has 3 N–H and O–H groups in total. The first-order valence-electron chi connectivity index (χ1n) is 17.9. The number of carbonyl (C=O) groups is 5. The van der Waals surface area contributed by atoms with Gasteiger partial charge in [-0.2, -0.15) is 0 Å². The van der Waals surface area contributed by atoms with Gasteiger partial charge in [0.05, 0.1) is 24.9 Å². The monoisotopic (exact) mass is 760 g/mol. The third-order valence-electron chi connectivity index (χ3n) is 10.0. The topological polar surface area (TPSA) is 193 Å². The van der Waals surface area contributed by atoms with Gasteiger partial charge >= 0.3 is 6.09 Å². The summed E-state index contributed by atoms with van der Waals surface area (Å²) in [4.78, 5) is 75.2. The zero-order valence-electron chi connectivity index (χ0n) is 29.8. The van der Waals surface area contributed by atoms with E-state index < -0.39 is 74.6 Å². The highest BCUT2D eigenvalue weighted by atomic mass is 32.2. The highest BCUT2D eigenvalue weighted by molar-refractivity contribution is 7.91. The van der Waals surface area contributed by atoms with Gasteiger partial charge in [-0.25, -0.2) is 18.2 Å². The summed E-state index contributed by atoms with van der Waals surface area (Å²) in [6.45, 7) is 10.6. The van der Waals surface area contributed by atoms with Crippen molar-refractivity contribution >= 4 is 56.6 Å². The summed E-state index contributed by atoms with van der Waals surface area (Å²) in [5.74, 6) is -3.17. The molecule has 15 nitrogen and oxygen atoms in total. The van der Waals surface area contributed by atoms with E-state index >= 15 is 0 Å². The molecule has 5 atom stereocenters. The Labute approximate surface area is 313 Å². The van der Waals surface area contributed by atoms with Crippen LogP contribution in [0, 0.1) is 5.92 Å². The first-order chi connectivity index (χ1) is 25.9. The normalized spacial score (nSPS) is 25.6. The standard InChI is InChI=1S/C38H44N6O9S/c1-4-17-43(32(45)6-3)23-30-35(47)44-22-27(20-31(44)33(46)41-38(21-26(38)5-2)36(48)42-54(50,51)28-13-14-28)53-34-29-19-24(11-12-25(29)15-16-39-34)10-8-7-9-18-52-37(49)40-30/h4-6,8,10-12,15-16,19,26-28,30-31H,1-3,7,9,13-14,17-18,20-23H2,(H,40,49)(H,41,46)(H,42,48)/t26-,27-,30+,31+,38-/m1/s1. The molecule has 4 aliphatic rings. The number of sulfonamides is 1. The maximum Gasteiger partial charge on any atom is 0.407 e. The van der Waals surface area contributed by atoms with Gasteiger partial charge in [-0.15, -0.1) is 13.2 Å². The lowest BCUT2D eigenvalue weighted by atomic mass is 10.1. The highest BCUT2D eigenvalue weighted by Gasteiger charge is 2.62. The molecule has 1 saturated heterocycles. The lowest BCUT2D eigenvalue weighted by Gasteiger charge is -2.32. The van der Waals surface area contributed by atoms with Crippen molar-refractivity contribution in [3.8, 4) is 5.88 Å². The van der Waals surface area contributed by atoms with Gasteiger partial charge < -0.3 is 29.9 Å². The minimum Gasteiger partial charge on any atom is -0.472 e. The van der Waals surface area contributed by atoms with Gasteiger partial charge in [0.15, 0.2) is 0 Å². The van der Waals surface area contributed by atoms with Gasteiger partial charge in [-0.1, -0.05) is 43.0 Å². The predicted octanol–water partition coefficient (Wildman–Crippen LogP) is 2.35. The van der Waals surface area contributed by atoms with Gasteiger partial charge in [0.2, 0.25) is 33.6 Å². The number of aromatic nitrogens is 1. The van der Waals surface area contributed by atoms with Crippen LogP contribution < -0.4 is 20.1 Å². The minimum absolute atomic E-state index is 0.0203. The number of hydrogen-bond acceptors (Lipinski definition) is 10. The molecular weight excluding hydrogens is 717 g/mol. The molecule has 286 valence electrons. The van der Waals surface area contributed by atoms with Crippen LogP contribution >= 0.6 is 0 Å². The van der Waals surface area contributed by atoms with Crippen LogP contribution in [0.2, 0.25) is 0 Å². The van der Waals surface area contributed by atoms with Gasteiger partial charge in [0.1, 0.15) is 23.7 Å². The van der Waals surface area contributed by atoms with E-state index in [4.69, 9.17) is 9.47 Å². The van der Waals surface area contributed by atoms with E-state index in [-0.39, 0.29) is 45.0 Å². The molecular formula is C38H44N6O9S. The van der Waals surface area contributed by atoms with Crippen LogP contribution in [-0.2, 0) is 33.9 Å². The zero-order chi connectivity index (χ0) is 38.6. The van der Waals surface area contributed by atoms with Gasteiger partial charge in [-0.3, -0.25) is 23.9 Å². The summed E-state index contributed by atoms with van der Waals surface area (Å²) >= 11 is 0. The fourth-order valence-corrected chi connectivity index (χ4v) is 8.19. The van der Waals surface area contributed by atoms with E-state index in [1.165, 1.54) is 22.0 Å². The molecule has 2 aliphatic heterocycles. The SMILES string of the molecule is C=CCN(C[C@@H]1NC(=O)OCCCC=Cc2ccc3ccnc(c3c2)O[C@@H]2C[C@@H](C(=O)N[C@]3(C(=O)NS(=O)(=O)C4CC4)C[C@H]3C=C)N(C2)C1=O)C(=O)C=C. The number of amides is 5. The maximum absolute atomic E-state index is 14.6. The fraction of sp³-hybridized carbons (Fsp3) is 0.421. The van der Waals surface area contributed by atoms with E-state index in [9.17, 15) is 32.4 Å². The number of nitrogens with one attached hydrogen (secondary N) is 3. The Bertz CT molecular complexity index is 2010. The van der Waals surface area contributed by atoms with Crippen molar-refractivity contribution in [2.24, 2.45) is 5.92 Å². The molecule has 3 fully saturated rings. The first-order valence-corrected chi connectivity index (χ1v) is 19.4. The third-order valence-corrected chi connectivity index (χ3v) is 11.8. The summed E-state index contributed by atoms with van der Waals surface area (Å²) in [5, 5.41) is 6.22. The van der Waals surface area contributed by atoms with E-state index in [1.807, 2.05) is 36.4 Å². The van der Waals surface area contributed by atoms with E-state index in [1.54, 1.807) is 6.20 Å². The summed E-state index contributed by atoms with van der Waals surface area (Å²) < 4.78 is 39.4. The van der Waals surface area contributed by atoms with E-state index in [2.05, 4.69) is 40.1 Å². The fourth-order valence-electron chi connectivity index (χ4n) is 6.82. The molecule has 3 heterocycles. The number of carbonyl (C=O) groups excluding carboxylic acids is 5. The van der Waals surface area contributed by atoms with Crippen molar-refractivity contribution in [1.29, 1.82) is 0 Å². The predicted molar refractivity (Wildman–Crippen MR) is 199 cm³/mol. The van der Waals surface area contributed by atoms with Crippen LogP contribution in [0.25, 0.3) is 16.8 Å². The van der Waals surface area contributed by atoms with Crippen molar-refractivity contribution < 1.29 is 41.9 Å². The lowest BCUT2D eigenvalue weighted by Crippen LogP contribution is -2.60. The molecule has 2 aromatic rings. The number of ether oxygens (including phenoxy) is 2. The van der Waals surface area contributed by atoms with Crippen LogP contribution in [0.1, 0.15) is 44.1 Å². The van der Waals surface area contributed by atoms with Crippen LogP contribution in [0.3, 0.4) is 0 Å². The Balaban J connectivity index is 1.35. The maximum atomic E-state index is 14.6. The molecule has 5 amide bonds. The molecule has 0 unspecified atom stereocenters. The molecule has 2 aliphatic carbocycles. The average molecular weight is 761 g/mol. The molecule has 0 radical (unpaired) electrons. The van der Waals surface area contributed by atoms with Crippen molar-refractivity contribution in [3.63, 3.8) is 0 Å². The third kappa shape index (κ3) is 8.33. The van der Waals surface area contributed by atoms with Crippen LogP contribution in [0.5, 0.6) is 5.88 Å². The number of benzene rings is 1. The summed E-state index contributed by atoms with van der Waals surface area (Å²) in [6, 6.07) is 4.99. The minimum atomic E-state index is -3.94. The second-order valence-corrected chi connectivity index (χ2v) is 15.8. The molecule has 6 rings (SSSR count). The van der Waals surface area contributed by atoms with Gasteiger partial charge in [-0.05, 0) is 61.3 Å². The van der Waals surface area contributed by atoms with Crippen LogP contribution in [0.15, 0.2) is 74.5 Å². The number of cyclic esters (lactones) is 1. The smallest absolute Gasteiger partial charge is 0.407 e. The number of fused-ring (bicyclic) bond motifs is 3. The zero-order valence-corrected chi connectivity index (χ0v) is 30.6. The second-order valence-electron chi connectivity index (χ2n) is 13.9. The van der Waals surface area contributed by atoms with Gasteiger partial charge in [0.25, 0.3) is 5.91 Å². The Morgan fingerprint density at radius 3 is 2.65 bits per heavy atom. The van der Waals surface area contributed by atoms with Gasteiger partial charge in [0, 0.05) is 30.5 Å². The Morgan fingerprint density at radius 2 is 1.94 bits per heavy atom. The lowest BCUT2D eigenvalue weighted by molar-refractivity contribution is -0.141. The Hall–Kier alpha value is -5.51. The van der Waals surface area contributed by atoms with Crippen LogP contribution in [0.4, 0.5) is 4.79 Å². The summed E-state index contributed by atoms with van der Waals surface area (Å²) in [5.41, 5.74) is -0.726. The number of hydrogen-bond donors (Lipinski definition) is 3. The molecule has 1 aromatic carbocycles. The largest absolute Gasteiger partial charge is 0.472 e. The van der Waals surface area contributed by atoms with Crippen molar-refractivity contribution in [3.05, 3.63) is 80.1 Å². The number of pyridine rings is 1. The quantitative estimate of drug-likeness (QED) is 0.226. The number of rotatable bonds is 11. The molecule has 16 heteroatoms. The first kappa shape index (κ1) is 38.2. The average Bonchev–Trinajstić information content (AvgIpc) is 4.08. The summed E-state index contributed by atoms with van der Waals surface area (Å²) in [6.07, 6.45) is 9.78. The molecule has 2 saturated carbocycles. The number of allylic oxidation sites excluding steroid dienone is 1. The van der Waals surface area contributed by atoms with Crippen LogP contribution in [-0.4, -0.2) is 108 Å². The van der Waals surface area contributed by atoms with Crippen molar-refractivity contribution in [2.75, 3.05) is 26.2 Å². The van der Waals surface area contributed by atoms with E-state index in [0.717, 1.165) is 17.0 Å². The van der Waals surface area contributed by atoms with E-state index in [0.29, 0.717) is 31.1 Å². The number of alkyl carbamates (subject to hydrolysis) is 1. The molecule has 4 bridgehead atoms. The second kappa shape index (κ2) is 15.8. The van der Waals surface area contributed by atoms with Crippen molar-refractivity contribution in [1.82, 2.24) is 30.1 Å². The molecule has 0 spiro atoms. The highest BCUT2D eigenvalue weighted by Crippen LogP contribution is 2.45. The molecule has 54 heavy (non-hydrogen) atoms. The molecule has 1 aromatic heterocycles. The number of nitrogens with zero attached hydrogens (tertiary/aromatic N) is 3. The Morgan fingerprint density at radius 1 is 1.15 bits per heavy atom.